The zero-order chi connectivity index (χ0) is 13.8. The minimum atomic E-state index is 0.523. The molecule has 0 aromatic heterocycles. The molecule has 0 aliphatic carbocycles. The van der Waals surface area contributed by atoms with Crippen molar-refractivity contribution in [1.82, 2.24) is 5.32 Å². The van der Waals surface area contributed by atoms with Crippen LogP contribution in [0.3, 0.4) is 0 Å². The molecule has 0 radical (unpaired) electrons. The molecule has 1 fully saturated rings. The molecule has 2 unspecified atom stereocenters. The van der Waals surface area contributed by atoms with Crippen LogP contribution < -0.4 is 14.8 Å². The summed E-state index contributed by atoms with van der Waals surface area (Å²) < 4.78 is 16.6. The summed E-state index contributed by atoms with van der Waals surface area (Å²) in [5.41, 5.74) is 1.29. The van der Waals surface area contributed by atoms with E-state index in [0.717, 1.165) is 37.7 Å². The summed E-state index contributed by atoms with van der Waals surface area (Å²) in [5, 5.41) is 3.60. The molecule has 0 saturated carbocycles. The van der Waals surface area contributed by atoms with Crippen molar-refractivity contribution in [2.75, 3.05) is 33.0 Å². The van der Waals surface area contributed by atoms with Crippen molar-refractivity contribution in [2.45, 2.75) is 25.8 Å². The summed E-state index contributed by atoms with van der Waals surface area (Å²) in [6.45, 7) is 6.35. The Hall–Kier alpha value is -1.26. The highest BCUT2D eigenvalue weighted by atomic mass is 16.6. The van der Waals surface area contributed by atoms with Crippen molar-refractivity contribution in [3.8, 4) is 11.5 Å². The first-order valence-electron chi connectivity index (χ1n) is 7.52. The molecule has 1 N–H and O–H groups in total. The zero-order valence-electron chi connectivity index (χ0n) is 12.1. The van der Waals surface area contributed by atoms with Crippen molar-refractivity contribution < 1.29 is 14.2 Å². The number of ether oxygens (including phenoxy) is 3. The summed E-state index contributed by atoms with van der Waals surface area (Å²) in [5.74, 6) is 2.41. The molecule has 4 nitrogen and oxygen atoms in total. The second-order valence-electron chi connectivity index (χ2n) is 5.59. The SMILES string of the molecule is CC(NCCc1ccc2c(c1)OCCO2)C1CCOC1. The van der Waals surface area contributed by atoms with E-state index in [2.05, 4.69) is 24.4 Å². The third-order valence-electron chi connectivity index (χ3n) is 4.16. The van der Waals surface area contributed by atoms with Crippen molar-refractivity contribution in [1.29, 1.82) is 0 Å². The highest BCUT2D eigenvalue weighted by Crippen LogP contribution is 2.30. The van der Waals surface area contributed by atoms with E-state index in [-0.39, 0.29) is 0 Å². The molecule has 2 aliphatic heterocycles. The summed E-state index contributed by atoms with van der Waals surface area (Å²) in [7, 11) is 0. The van der Waals surface area contributed by atoms with E-state index in [0.29, 0.717) is 25.2 Å². The lowest BCUT2D eigenvalue weighted by Crippen LogP contribution is -2.35. The molecular weight excluding hydrogens is 254 g/mol. The van der Waals surface area contributed by atoms with Gasteiger partial charge in [0.15, 0.2) is 11.5 Å². The van der Waals surface area contributed by atoms with Gasteiger partial charge < -0.3 is 19.5 Å². The Morgan fingerprint density at radius 1 is 1.20 bits per heavy atom. The van der Waals surface area contributed by atoms with Crippen molar-refractivity contribution in [3.05, 3.63) is 23.8 Å². The van der Waals surface area contributed by atoms with Crippen molar-refractivity contribution in [3.63, 3.8) is 0 Å². The lowest BCUT2D eigenvalue weighted by molar-refractivity contribution is 0.171. The highest BCUT2D eigenvalue weighted by Gasteiger charge is 2.21. The summed E-state index contributed by atoms with van der Waals surface area (Å²) >= 11 is 0. The van der Waals surface area contributed by atoms with Gasteiger partial charge in [-0.25, -0.2) is 0 Å². The molecule has 0 spiro atoms. The average molecular weight is 277 g/mol. The van der Waals surface area contributed by atoms with Crippen LogP contribution in [0.5, 0.6) is 11.5 Å². The molecule has 3 rings (SSSR count). The lowest BCUT2D eigenvalue weighted by Gasteiger charge is -2.20. The fourth-order valence-electron chi connectivity index (χ4n) is 2.80. The van der Waals surface area contributed by atoms with Crippen LogP contribution in [0.4, 0.5) is 0 Å². The van der Waals surface area contributed by atoms with Crippen LogP contribution in [0.25, 0.3) is 0 Å². The Morgan fingerprint density at radius 2 is 2.05 bits per heavy atom. The molecule has 1 saturated heterocycles. The van der Waals surface area contributed by atoms with Gasteiger partial charge in [-0.1, -0.05) is 6.07 Å². The quantitative estimate of drug-likeness (QED) is 0.894. The van der Waals surface area contributed by atoms with E-state index < -0.39 is 0 Å². The van der Waals surface area contributed by atoms with Gasteiger partial charge in [-0.05, 0) is 49.9 Å². The molecular formula is C16H23NO3. The molecule has 1 aromatic rings. The fraction of sp³-hybridized carbons (Fsp3) is 0.625. The van der Waals surface area contributed by atoms with E-state index in [1.807, 2.05) is 6.07 Å². The Balaban J connectivity index is 1.48. The van der Waals surface area contributed by atoms with Gasteiger partial charge in [-0.15, -0.1) is 0 Å². The van der Waals surface area contributed by atoms with Crippen molar-refractivity contribution >= 4 is 0 Å². The maximum atomic E-state index is 5.61. The first-order valence-corrected chi connectivity index (χ1v) is 7.52. The Labute approximate surface area is 120 Å². The number of hydrogen-bond donors (Lipinski definition) is 1. The molecule has 2 heterocycles. The second kappa shape index (κ2) is 6.46. The standard InChI is InChI=1S/C16H23NO3/c1-12(14-5-7-18-11-14)17-6-4-13-2-3-15-16(10-13)20-9-8-19-15/h2-3,10,12,14,17H,4-9,11H2,1H3. The molecule has 2 atom stereocenters. The van der Waals surface area contributed by atoms with Gasteiger partial charge in [-0.3, -0.25) is 0 Å². The van der Waals surface area contributed by atoms with E-state index in [1.165, 1.54) is 12.0 Å². The van der Waals surface area contributed by atoms with E-state index in [1.54, 1.807) is 0 Å². The smallest absolute Gasteiger partial charge is 0.161 e. The first-order chi connectivity index (χ1) is 9.83. The predicted molar refractivity (Wildman–Crippen MR) is 77.5 cm³/mol. The largest absolute Gasteiger partial charge is 0.486 e. The van der Waals surface area contributed by atoms with Gasteiger partial charge >= 0.3 is 0 Å². The number of hydrogen-bond acceptors (Lipinski definition) is 4. The molecule has 0 amide bonds. The third-order valence-corrected chi connectivity index (χ3v) is 4.16. The topological polar surface area (TPSA) is 39.7 Å². The maximum Gasteiger partial charge on any atom is 0.161 e. The van der Waals surface area contributed by atoms with Gasteiger partial charge in [0.2, 0.25) is 0 Å². The normalized spacial score (nSPS) is 22.8. The van der Waals surface area contributed by atoms with Gasteiger partial charge in [0.25, 0.3) is 0 Å². The molecule has 0 bridgehead atoms. The van der Waals surface area contributed by atoms with Crippen molar-refractivity contribution in [2.24, 2.45) is 5.92 Å². The number of rotatable bonds is 5. The number of benzene rings is 1. The van der Waals surface area contributed by atoms with Crippen LogP contribution in [0.1, 0.15) is 18.9 Å². The minimum Gasteiger partial charge on any atom is -0.486 e. The number of nitrogens with one attached hydrogen (secondary N) is 1. The van der Waals surface area contributed by atoms with Gasteiger partial charge in [0.05, 0.1) is 6.61 Å². The highest BCUT2D eigenvalue weighted by molar-refractivity contribution is 5.43. The summed E-state index contributed by atoms with van der Waals surface area (Å²) in [6.07, 6.45) is 2.19. The second-order valence-corrected chi connectivity index (χ2v) is 5.59. The van der Waals surface area contributed by atoms with E-state index in [4.69, 9.17) is 14.2 Å². The summed E-state index contributed by atoms with van der Waals surface area (Å²) in [6, 6.07) is 6.76. The van der Waals surface area contributed by atoms with Gasteiger partial charge in [0, 0.05) is 12.6 Å². The number of fused-ring (bicyclic) bond motifs is 1. The van der Waals surface area contributed by atoms with Crippen LogP contribution in [0.15, 0.2) is 18.2 Å². The predicted octanol–water partition coefficient (Wildman–Crippen LogP) is 2.01. The van der Waals surface area contributed by atoms with Crippen LogP contribution in [-0.4, -0.2) is 39.0 Å². The molecule has 1 aromatic carbocycles. The fourth-order valence-corrected chi connectivity index (χ4v) is 2.80. The third kappa shape index (κ3) is 3.25. The maximum absolute atomic E-state index is 5.61. The monoisotopic (exact) mass is 277 g/mol. The molecule has 2 aliphatic rings. The molecule has 20 heavy (non-hydrogen) atoms. The Morgan fingerprint density at radius 3 is 2.85 bits per heavy atom. The first kappa shape index (κ1) is 13.7. The Kier molecular flexibility index (Phi) is 4.43. The minimum absolute atomic E-state index is 0.523. The molecule has 4 heteroatoms. The van der Waals surface area contributed by atoms with E-state index in [9.17, 15) is 0 Å². The summed E-state index contributed by atoms with van der Waals surface area (Å²) in [4.78, 5) is 0. The average Bonchev–Trinajstić information content (AvgIpc) is 3.01. The van der Waals surface area contributed by atoms with Crippen LogP contribution in [0.2, 0.25) is 0 Å². The van der Waals surface area contributed by atoms with Crippen LogP contribution in [0, 0.1) is 5.92 Å². The van der Waals surface area contributed by atoms with Crippen LogP contribution >= 0.6 is 0 Å². The van der Waals surface area contributed by atoms with Gasteiger partial charge in [-0.2, -0.15) is 0 Å². The molecule has 110 valence electrons. The van der Waals surface area contributed by atoms with E-state index >= 15 is 0 Å². The lowest BCUT2D eigenvalue weighted by atomic mass is 10.0. The zero-order valence-corrected chi connectivity index (χ0v) is 12.1. The van der Waals surface area contributed by atoms with Gasteiger partial charge in [0.1, 0.15) is 13.2 Å². The van der Waals surface area contributed by atoms with Crippen LogP contribution in [-0.2, 0) is 11.2 Å². The Bertz CT molecular complexity index is 443.